The van der Waals surface area contributed by atoms with Crippen LogP contribution >= 0.6 is 0 Å². The van der Waals surface area contributed by atoms with E-state index in [9.17, 15) is 28.8 Å². The van der Waals surface area contributed by atoms with E-state index in [-0.39, 0.29) is 95.4 Å². The standard InChI is InChI=1S/C37H44N6O2.C37H43N5O2.C35H40N4O2/c1-26(44)41-35(24-27-18-19-28-11-8-9-16-31(28)23-27)33-20-22-43(36(45)34(42-33)17-10-21-40-37(38)39)25-32(29-12-4-2-5-13-29)30-14-6-3-7-15-30;1-2-35(38)39-22-11-18-34-37(44)42(26-33(28-13-5-3-6-14-28)29-15-7-4-8-16-29)23-21-32(41-34)25-40-36(43)31-20-19-27-12-9-10-17-30(27)24-31;1-36-21-10-17-33-35(41)39(25-32(27-12-4-2-5-13-27)28-14-6-3-7-15-28)22-20-31(38-33)24-37-34(40)30-19-18-26-11-8-9-16-29(26)23-30/h2-9,11-16,18-19,23,32-35,42H,10,17,20-22,24-25H2,1H3,(H,41,44)(H4,38,39,40);3-10,12-17,19-20,24,32-34,41H,2,11,18,21-23,25-26H2,1H3,(H2,38,39)(H,40,43);2-9,11-16,18-19,23,31-33,36,38H,10,17,20-22,24-25H2,1H3,(H,37,40)/t33-,34-,35-;32-,34-;31-,33-/m000/s1. The molecule has 12 aromatic carbocycles. The number of amidine groups is 1. The van der Waals surface area contributed by atoms with Crippen LogP contribution in [0.15, 0.2) is 319 Å². The molecule has 15 rings (SSSR count). The Morgan fingerprint density at radius 1 is 0.408 bits per heavy atom. The fraction of sp³-hybridized carbons (Fsp3) is 0.321. The maximum Gasteiger partial charge on any atom is 0.251 e. The third kappa shape index (κ3) is 27.4. The summed E-state index contributed by atoms with van der Waals surface area (Å²) in [6.07, 6.45) is 7.82. The average Bonchev–Trinajstić information content (AvgIpc) is 0.976. The van der Waals surface area contributed by atoms with Gasteiger partial charge >= 0.3 is 0 Å². The quantitative estimate of drug-likeness (QED) is 0.0101. The molecule has 3 aliphatic heterocycles. The molecule has 3 heterocycles. The third-order valence-corrected chi connectivity index (χ3v) is 25.1. The van der Waals surface area contributed by atoms with Crippen molar-refractivity contribution in [3.8, 4) is 0 Å². The maximum absolute atomic E-state index is 14.3. The minimum Gasteiger partial charge on any atom is -0.387 e. The zero-order valence-electron chi connectivity index (χ0n) is 75.2. The van der Waals surface area contributed by atoms with Gasteiger partial charge in [-0.25, -0.2) is 0 Å². The number of hydrogen-bond donors (Lipinski definition) is 10. The van der Waals surface area contributed by atoms with Gasteiger partial charge in [-0.3, -0.25) is 38.8 Å². The van der Waals surface area contributed by atoms with Gasteiger partial charge in [0.2, 0.25) is 23.6 Å². The Balaban J connectivity index is 0.000000166. The number of amides is 6. The lowest BCUT2D eigenvalue weighted by atomic mass is 9.90. The lowest BCUT2D eigenvalue weighted by molar-refractivity contribution is -0.133. The highest BCUT2D eigenvalue weighted by Gasteiger charge is 2.38. The van der Waals surface area contributed by atoms with E-state index in [4.69, 9.17) is 17.2 Å². The second kappa shape index (κ2) is 48.8. The summed E-state index contributed by atoms with van der Waals surface area (Å²) in [6.45, 7) is 9.91. The molecule has 0 spiro atoms. The van der Waals surface area contributed by atoms with Gasteiger partial charge in [0.25, 0.3) is 11.8 Å². The zero-order valence-corrected chi connectivity index (χ0v) is 75.2. The van der Waals surface area contributed by atoms with Gasteiger partial charge in [-0.1, -0.05) is 292 Å². The maximum atomic E-state index is 14.3. The number of hydrogen-bond acceptors (Lipinski definition) is 12. The molecule has 3 aliphatic rings. The lowest BCUT2D eigenvalue weighted by Gasteiger charge is -2.30. The van der Waals surface area contributed by atoms with Crippen LogP contribution in [0.25, 0.3) is 32.3 Å². The average molecular weight is 1740 g/mol. The Morgan fingerprint density at radius 2 is 0.746 bits per heavy atom. The van der Waals surface area contributed by atoms with Gasteiger partial charge in [0, 0.05) is 132 Å². The van der Waals surface area contributed by atoms with Crippen LogP contribution in [0.4, 0.5) is 0 Å². The van der Waals surface area contributed by atoms with Crippen LogP contribution in [0.5, 0.6) is 0 Å². The second-order valence-electron chi connectivity index (χ2n) is 34.3. The molecule has 3 fully saturated rings. The second-order valence-corrected chi connectivity index (χ2v) is 34.3. The van der Waals surface area contributed by atoms with Crippen molar-refractivity contribution in [3.63, 3.8) is 0 Å². The number of carbonyl (C=O) groups excluding carboxylic acids is 6. The smallest absolute Gasteiger partial charge is 0.251 e. The van der Waals surface area contributed by atoms with Crippen LogP contribution in [0.3, 0.4) is 0 Å². The largest absolute Gasteiger partial charge is 0.387 e. The predicted octanol–water partition coefficient (Wildman–Crippen LogP) is 14.8. The first-order chi connectivity index (χ1) is 63.5. The monoisotopic (exact) mass is 1740 g/mol. The summed E-state index contributed by atoms with van der Waals surface area (Å²) in [5.74, 6) is 0.850. The molecule has 0 radical (unpaired) electrons. The molecule has 0 unspecified atom stereocenters. The predicted molar refractivity (Wildman–Crippen MR) is 527 cm³/mol. The molecule has 21 nitrogen and oxygen atoms in total. The first-order valence-electron chi connectivity index (χ1n) is 46.2. The number of nitrogens with one attached hydrogen (secondary N) is 7. The molecule has 21 heteroatoms. The Morgan fingerprint density at radius 3 is 1.12 bits per heavy atom. The van der Waals surface area contributed by atoms with E-state index in [1.54, 1.807) is 6.92 Å². The van der Waals surface area contributed by atoms with Crippen molar-refractivity contribution in [2.75, 3.05) is 79.0 Å². The molecule has 13 N–H and O–H groups in total. The SMILES string of the molecule is CC(=O)N[C@@H](Cc1ccc2ccccc2c1)[C@@H]1CCN(CC(c2ccccc2)c2ccccc2)C(=O)[C@H](CCCN=C(N)N)N1.CCC(N)=NCCC[C@@H]1N[C@H](CNC(=O)c2ccc3ccccc3c2)CCN(CC(c2ccccc2)c2ccccc2)C1=O.CNCCC[C@@H]1N[C@H](CNC(=O)c2ccc3ccccc3c2)CCN(CC(c2ccccc2)c2ccccc2)C1=O. The molecule has 130 heavy (non-hydrogen) atoms. The number of nitrogens with zero attached hydrogens (tertiary/aromatic N) is 5. The molecule has 674 valence electrons. The van der Waals surface area contributed by atoms with Crippen LogP contribution in [0, 0.1) is 0 Å². The van der Waals surface area contributed by atoms with E-state index >= 15 is 0 Å². The Bertz CT molecular complexity index is 5560. The van der Waals surface area contributed by atoms with Crippen LogP contribution in [-0.2, 0) is 25.6 Å². The molecule has 0 aliphatic carbocycles. The third-order valence-electron chi connectivity index (χ3n) is 25.1. The van der Waals surface area contributed by atoms with E-state index in [0.29, 0.717) is 121 Å². The van der Waals surface area contributed by atoms with Gasteiger partial charge in [0.15, 0.2) is 5.96 Å². The van der Waals surface area contributed by atoms with E-state index < -0.39 is 6.04 Å². The molecule has 12 aromatic rings. The van der Waals surface area contributed by atoms with Crippen molar-refractivity contribution in [2.45, 2.75) is 145 Å². The molecule has 6 amide bonds. The Kier molecular flexibility index (Phi) is 35.5. The number of aliphatic imine (C=N–C) groups is 2. The first-order valence-corrected chi connectivity index (χ1v) is 46.2. The van der Waals surface area contributed by atoms with Crippen LogP contribution < -0.4 is 54.4 Å². The van der Waals surface area contributed by atoms with Gasteiger partial charge < -0.3 is 69.1 Å². The summed E-state index contributed by atoms with van der Waals surface area (Å²) in [7, 11) is 1.93. The summed E-state index contributed by atoms with van der Waals surface area (Å²) in [4.78, 5) is 95.6. The van der Waals surface area contributed by atoms with Crippen molar-refractivity contribution in [3.05, 3.63) is 359 Å². The van der Waals surface area contributed by atoms with Crippen molar-refractivity contribution in [2.24, 2.45) is 27.2 Å². The molecule has 7 atom stereocenters. The number of nitrogens with two attached hydrogens (primary N) is 3. The fourth-order valence-electron chi connectivity index (χ4n) is 18.1. The Hall–Kier alpha value is -13.2. The molecular formula is C109H127N15O6. The highest BCUT2D eigenvalue weighted by Crippen LogP contribution is 2.33. The zero-order chi connectivity index (χ0) is 90.8. The van der Waals surface area contributed by atoms with Crippen LogP contribution in [-0.4, -0.2) is 183 Å². The molecule has 3 saturated heterocycles. The van der Waals surface area contributed by atoms with E-state index in [1.807, 2.05) is 186 Å². The number of guanidine groups is 1. The van der Waals surface area contributed by atoms with Gasteiger partial charge in [-0.15, -0.1) is 0 Å². The fourth-order valence-corrected chi connectivity index (χ4v) is 18.1. The van der Waals surface area contributed by atoms with Crippen molar-refractivity contribution in [1.82, 2.24) is 51.9 Å². The van der Waals surface area contributed by atoms with E-state index in [1.165, 1.54) is 38.8 Å². The van der Waals surface area contributed by atoms with Crippen molar-refractivity contribution in [1.29, 1.82) is 0 Å². The topological polar surface area (TPSA) is 299 Å². The van der Waals surface area contributed by atoms with Crippen LogP contribution in [0.1, 0.15) is 155 Å². The van der Waals surface area contributed by atoms with Gasteiger partial charge in [-0.2, -0.15) is 0 Å². The van der Waals surface area contributed by atoms with Gasteiger partial charge in [-0.05, 0) is 173 Å². The van der Waals surface area contributed by atoms with Crippen molar-refractivity contribution < 1.29 is 28.8 Å². The molecule has 0 saturated carbocycles. The summed E-state index contributed by atoms with van der Waals surface area (Å²) in [5.41, 5.74) is 26.6. The molecule has 0 bridgehead atoms. The number of rotatable bonds is 35. The highest BCUT2D eigenvalue weighted by molar-refractivity contribution is 6.00. The van der Waals surface area contributed by atoms with Gasteiger partial charge in [0.1, 0.15) is 0 Å². The van der Waals surface area contributed by atoms with E-state index in [0.717, 1.165) is 71.1 Å². The minimum atomic E-state index is -0.438. The molecular weight excluding hydrogens is 1620 g/mol. The number of carbonyl (C=O) groups is 6. The number of fused-ring (bicyclic) bond motifs is 3. The number of benzene rings is 12. The summed E-state index contributed by atoms with van der Waals surface area (Å²) in [5, 5.41) is 30.2. The van der Waals surface area contributed by atoms with Gasteiger partial charge in [0.05, 0.1) is 24.0 Å². The highest BCUT2D eigenvalue weighted by atomic mass is 16.2. The first kappa shape index (κ1) is 94.4. The summed E-state index contributed by atoms with van der Waals surface area (Å²) >= 11 is 0. The molecule has 0 aromatic heterocycles. The Labute approximate surface area is 766 Å². The summed E-state index contributed by atoms with van der Waals surface area (Å²) < 4.78 is 0. The minimum absolute atomic E-state index is 0.000146. The van der Waals surface area contributed by atoms with Crippen LogP contribution in [0.2, 0.25) is 0 Å². The van der Waals surface area contributed by atoms with Crippen molar-refractivity contribution >= 4 is 79.6 Å². The van der Waals surface area contributed by atoms with E-state index in [2.05, 4.69) is 199 Å². The summed E-state index contributed by atoms with van der Waals surface area (Å²) in [6, 6.07) is 103. The normalized spacial score (nSPS) is 17.5. The lowest BCUT2D eigenvalue weighted by Crippen LogP contribution is -2.54.